The molecule has 0 amide bonds. The maximum atomic E-state index is 12.6. The molecule has 0 N–H and O–H groups in total. The van der Waals surface area contributed by atoms with Crippen LogP contribution in [0.1, 0.15) is 30.5 Å². The molecular weight excluding hydrogens is 310 g/mol. The largest absolute Gasteiger partial charge is 0.275 e. The van der Waals surface area contributed by atoms with Crippen molar-refractivity contribution >= 4 is 16.1 Å². The minimum absolute atomic E-state index is 0.136. The van der Waals surface area contributed by atoms with E-state index in [2.05, 4.69) is 5.10 Å². The SMILES string of the molecule is Cc1ccc(/C=C/S(=O)(=O)N(Cc2cnn(C)c2)C(C)C)cc1. The van der Waals surface area contributed by atoms with Crippen LogP contribution in [0, 0.1) is 6.92 Å². The highest BCUT2D eigenvalue weighted by atomic mass is 32.2. The van der Waals surface area contributed by atoms with E-state index in [1.165, 1.54) is 9.71 Å². The highest BCUT2D eigenvalue weighted by Gasteiger charge is 2.23. The van der Waals surface area contributed by atoms with Crippen molar-refractivity contribution in [2.45, 2.75) is 33.4 Å². The number of sulfonamides is 1. The fourth-order valence-corrected chi connectivity index (χ4v) is 3.62. The van der Waals surface area contributed by atoms with Gasteiger partial charge in [0.05, 0.1) is 6.20 Å². The maximum absolute atomic E-state index is 12.6. The van der Waals surface area contributed by atoms with Gasteiger partial charge in [-0.1, -0.05) is 29.8 Å². The zero-order chi connectivity index (χ0) is 17.0. The van der Waals surface area contributed by atoms with E-state index in [0.29, 0.717) is 6.54 Å². The van der Waals surface area contributed by atoms with Crippen LogP contribution in [0.15, 0.2) is 42.1 Å². The Kier molecular flexibility index (Phi) is 5.38. The standard InChI is InChI=1S/C17H23N3O2S/c1-14(2)20(13-17-11-18-19(4)12-17)23(21,22)10-9-16-7-5-15(3)6-8-16/h5-12,14H,13H2,1-4H3/b10-9+. The molecule has 0 bridgehead atoms. The molecule has 2 rings (SSSR count). The third kappa shape index (κ3) is 4.77. The summed E-state index contributed by atoms with van der Waals surface area (Å²) in [7, 11) is -1.69. The predicted molar refractivity (Wildman–Crippen MR) is 93.0 cm³/mol. The van der Waals surface area contributed by atoms with Crippen LogP contribution in [0.2, 0.25) is 0 Å². The summed E-state index contributed by atoms with van der Waals surface area (Å²) in [6.07, 6.45) is 5.15. The van der Waals surface area contributed by atoms with E-state index < -0.39 is 10.0 Å². The van der Waals surface area contributed by atoms with Crippen LogP contribution in [0.25, 0.3) is 6.08 Å². The molecule has 1 heterocycles. The Morgan fingerprint density at radius 3 is 2.43 bits per heavy atom. The smallest absolute Gasteiger partial charge is 0.236 e. The molecular formula is C17H23N3O2S. The topological polar surface area (TPSA) is 55.2 Å². The Hall–Kier alpha value is -1.92. The fourth-order valence-electron chi connectivity index (χ4n) is 2.22. The van der Waals surface area contributed by atoms with Crippen molar-refractivity contribution in [3.8, 4) is 0 Å². The molecule has 5 nitrogen and oxygen atoms in total. The summed E-state index contributed by atoms with van der Waals surface area (Å²) in [4.78, 5) is 0. The highest BCUT2D eigenvalue weighted by Crippen LogP contribution is 2.16. The van der Waals surface area contributed by atoms with E-state index in [0.717, 1.165) is 16.7 Å². The van der Waals surface area contributed by atoms with Crippen molar-refractivity contribution in [1.82, 2.24) is 14.1 Å². The number of aromatic nitrogens is 2. The van der Waals surface area contributed by atoms with E-state index in [4.69, 9.17) is 0 Å². The third-order valence-electron chi connectivity index (χ3n) is 3.51. The molecule has 0 aliphatic heterocycles. The van der Waals surface area contributed by atoms with Gasteiger partial charge >= 0.3 is 0 Å². The number of rotatable bonds is 6. The Bertz CT molecular complexity index is 774. The molecule has 23 heavy (non-hydrogen) atoms. The van der Waals surface area contributed by atoms with Crippen LogP contribution in [-0.4, -0.2) is 28.5 Å². The quantitative estimate of drug-likeness (QED) is 0.817. The van der Waals surface area contributed by atoms with Crippen molar-refractivity contribution in [3.05, 3.63) is 58.8 Å². The summed E-state index contributed by atoms with van der Waals surface area (Å²) in [5.41, 5.74) is 2.88. The van der Waals surface area contributed by atoms with E-state index in [-0.39, 0.29) is 6.04 Å². The Labute approximate surface area is 138 Å². The monoisotopic (exact) mass is 333 g/mol. The zero-order valence-electron chi connectivity index (χ0n) is 14.0. The first-order chi connectivity index (χ1) is 10.8. The van der Waals surface area contributed by atoms with Crippen LogP contribution in [0.4, 0.5) is 0 Å². The maximum Gasteiger partial charge on any atom is 0.236 e. The second kappa shape index (κ2) is 7.10. The molecule has 0 saturated carbocycles. The van der Waals surface area contributed by atoms with Gasteiger partial charge in [0.2, 0.25) is 10.0 Å². The summed E-state index contributed by atoms with van der Waals surface area (Å²) in [5.74, 6) is 0. The predicted octanol–water partition coefficient (Wildman–Crippen LogP) is 2.94. The lowest BCUT2D eigenvalue weighted by atomic mass is 10.2. The molecule has 0 saturated heterocycles. The molecule has 0 unspecified atom stereocenters. The molecule has 6 heteroatoms. The van der Waals surface area contributed by atoms with Gasteiger partial charge in [-0.2, -0.15) is 9.40 Å². The van der Waals surface area contributed by atoms with E-state index in [1.807, 2.05) is 58.3 Å². The first-order valence-electron chi connectivity index (χ1n) is 7.52. The van der Waals surface area contributed by atoms with Crippen LogP contribution in [0.3, 0.4) is 0 Å². The summed E-state index contributed by atoms with van der Waals surface area (Å²) >= 11 is 0. The number of aryl methyl sites for hydroxylation is 2. The number of nitrogens with zero attached hydrogens (tertiary/aromatic N) is 3. The molecule has 1 aromatic carbocycles. The summed E-state index contributed by atoms with van der Waals surface area (Å²) in [6.45, 7) is 6.05. The molecule has 0 atom stereocenters. The van der Waals surface area contributed by atoms with Gasteiger partial charge in [0, 0.05) is 36.8 Å². The first-order valence-corrected chi connectivity index (χ1v) is 9.02. The van der Waals surface area contributed by atoms with Crippen LogP contribution in [-0.2, 0) is 23.6 Å². The second-order valence-corrected chi connectivity index (χ2v) is 7.69. The molecule has 1 aromatic heterocycles. The lowest BCUT2D eigenvalue weighted by molar-refractivity contribution is 0.353. The fraction of sp³-hybridized carbons (Fsp3) is 0.353. The van der Waals surface area contributed by atoms with E-state index in [1.54, 1.807) is 17.0 Å². The lowest BCUT2D eigenvalue weighted by Crippen LogP contribution is -2.34. The molecule has 0 spiro atoms. The molecule has 0 aliphatic rings. The van der Waals surface area contributed by atoms with Gasteiger partial charge in [-0.05, 0) is 32.4 Å². The molecule has 0 aliphatic carbocycles. The summed E-state index contributed by atoms with van der Waals surface area (Å²) < 4.78 is 28.4. The van der Waals surface area contributed by atoms with Crippen molar-refractivity contribution in [2.75, 3.05) is 0 Å². The summed E-state index contributed by atoms with van der Waals surface area (Å²) in [6, 6.07) is 7.59. The van der Waals surface area contributed by atoms with Crippen LogP contribution >= 0.6 is 0 Å². The Morgan fingerprint density at radius 2 is 1.91 bits per heavy atom. The number of hydrogen-bond donors (Lipinski definition) is 0. The third-order valence-corrected chi connectivity index (χ3v) is 5.19. The molecule has 0 radical (unpaired) electrons. The van der Waals surface area contributed by atoms with E-state index >= 15 is 0 Å². The Morgan fingerprint density at radius 1 is 1.26 bits per heavy atom. The van der Waals surface area contributed by atoms with E-state index in [9.17, 15) is 8.42 Å². The normalized spacial score (nSPS) is 12.6. The highest BCUT2D eigenvalue weighted by molar-refractivity contribution is 7.92. The summed E-state index contributed by atoms with van der Waals surface area (Å²) in [5, 5.41) is 5.36. The van der Waals surface area contributed by atoms with Gasteiger partial charge < -0.3 is 0 Å². The van der Waals surface area contributed by atoms with Gasteiger partial charge in [0.25, 0.3) is 0 Å². The minimum atomic E-state index is -3.50. The average Bonchev–Trinajstić information content (AvgIpc) is 2.89. The van der Waals surface area contributed by atoms with Crippen molar-refractivity contribution in [1.29, 1.82) is 0 Å². The van der Waals surface area contributed by atoms with Crippen molar-refractivity contribution < 1.29 is 8.42 Å². The molecule has 2 aromatic rings. The van der Waals surface area contributed by atoms with Gasteiger partial charge in [0.15, 0.2) is 0 Å². The van der Waals surface area contributed by atoms with Crippen molar-refractivity contribution in [2.24, 2.45) is 7.05 Å². The molecule has 124 valence electrons. The number of hydrogen-bond acceptors (Lipinski definition) is 3. The van der Waals surface area contributed by atoms with Crippen LogP contribution in [0.5, 0.6) is 0 Å². The zero-order valence-corrected chi connectivity index (χ0v) is 14.8. The average molecular weight is 333 g/mol. The lowest BCUT2D eigenvalue weighted by Gasteiger charge is -2.23. The first kappa shape index (κ1) is 17.4. The Balaban J connectivity index is 2.20. The molecule has 0 fully saturated rings. The van der Waals surface area contributed by atoms with Gasteiger partial charge in [-0.25, -0.2) is 8.42 Å². The van der Waals surface area contributed by atoms with Gasteiger partial charge in [-0.15, -0.1) is 0 Å². The van der Waals surface area contributed by atoms with Gasteiger partial charge in [0.1, 0.15) is 0 Å². The number of benzene rings is 1. The van der Waals surface area contributed by atoms with Crippen molar-refractivity contribution in [3.63, 3.8) is 0 Å². The van der Waals surface area contributed by atoms with Gasteiger partial charge in [-0.3, -0.25) is 4.68 Å². The van der Waals surface area contributed by atoms with Crippen LogP contribution < -0.4 is 0 Å². The second-order valence-electron chi connectivity index (χ2n) is 5.92. The minimum Gasteiger partial charge on any atom is -0.275 e.